The molecule has 21 heavy (non-hydrogen) atoms. The summed E-state index contributed by atoms with van der Waals surface area (Å²) in [6.07, 6.45) is -13.6. The largest absolute Gasteiger partial charge is 0.778 e. The molecule has 1 aliphatic rings. The van der Waals surface area contributed by atoms with Crippen LogP contribution >= 0.6 is 7.60 Å². The van der Waals surface area contributed by atoms with Crippen molar-refractivity contribution in [3.8, 4) is 0 Å². The number of hydrogen-bond donors (Lipinski definition) is 7. The van der Waals surface area contributed by atoms with E-state index in [1.807, 2.05) is 0 Å². The summed E-state index contributed by atoms with van der Waals surface area (Å²) in [4.78, 5) is 11.7. The molecule has 1 saturated carbocycles. The maximum Gasteiger partial charge on any atom is 0.135 e. The van der Waals surface area contributed by atoms with Crippen molar-refractivity contribution >= 4 is 7.60 Å². The van der Waals surface area contributed by atoms with Crippen molar-refractivity contribution in [1.82, 2.24) is 0 Å². The molecule has 0 radical (unpaired) electrons. The van der Waals surface area contributed by atoms with Crippen molar-refractivity contribution in [3.05, 3.63) is 0 Å². The lowest BCUT2D eigenvalue weighted by Crippen LogP contribution is -2.64. The van der Waals surface area contributed by atoms with Crippen LogP contribution in [0.25, 0.3) is 0 Å². The Labute approximate surface area is 120 Å². The molecule has 0 saturated heterocycles. The van der Waals surface area contributed by atoms with Gasteiger partial charge in [0.1, 0.15) is 44.2 Å². The van der Waals surface area contributed by atoms with Gasteiger partial charge >= 0.3 is 0 Å². The molecule has 8 atom stereocenters. The second-order valence-corrected chi connectivity index (χ2v) is 6.86. The van der Waals surface area contributed by atoms with Crippen LogP contribution in [-0.4, -0.2) is 91.2 Å². The van der Waals surface area contributed by atoms with Gasteiger partial charge in [0, 0.05) is 6.16 Å². The molecule has 0 aromatic heterocycles. The number of aliphatic hydroxyl groups is 7. The van der Waals surface area contributed by atoms with Gasteiger partial charge in [0.2, 0.25) is 0 Å². The summed E-state index contributed by atoms with van der Waals surface area (Å²) in [6.45, 7) is -0.641. The maximum absolute atomic E-state index is 11.7. The van der Waals surface area contributed by atoms with Crippen molar-refractivity contribution in [2.24, 2.45) is 0 Å². The molecular formula is C10H20O10P-. The topological polar surface area (TPSA) is 191 Å². The van der Waals surface area contributed by atoms with Crippen molar-refractivity contribution < 1.29 is 49.7 Å². The lowest BCUT2D eigenvalue weighted by Gasteiger charge is -2.43. The highest BCUT2D eigenvalue weighted by Crippen LogP contribution is 2.42. The van der Waals surface area contributed by atoms with E-state index in [9.17, 15) is 35.0 Å². The number of aliphatic hydroxyl groups excluding tert-OH is 7. The zero-order valence-electron chi connectivity index (χ0n) is 11.0. The molecule has 3 unspecified atom stereocenters. The Morgan fingerprint density at radius 2 is 1.43 bits per heavy atom. The highest BCUT2D eigenvalue weighted by Gasteiger charge is 2.49. The highest BCUT2D eigenvalue weighted by molar-refractivity contribution is 7.51. The summed E-state index contributed by atoms with van der Waals surface area (Å²) in [5.74, 6) is 0. The van der Waals surface area contributed by atoms with Crippen LogP contribution in [0.4, 0.5) is 0 Å². The SMILES string of the molecule is O=P([O-])(CC[C@H](O)CO)OC1[C@H](O)[C@H](O)C(O)[C@H](O)[C@H]1O. The van der Waals surface area contributed by atoms with Crippen molar-refractivity contribution in [1.29, 1.82) is 0 Å². The first-order valence-electron chi connectivity index (χ1n) is 6.28. The van der Waals surface area contributed by atoms with Gasteiger partial charge in [-0.15, -0.1) is 0 Å². The standard InChI is InChI=1S/C10H21O10P/c11-3-4(12)1-2-21(18,19)20-10-8(16)6(14)5(13)7(15)9(10)17/h4-17H,1-3H2,(H,18,19)/p-1/t4-,5?,6-,7+,8+,9+,10?/m0/s1. The average molecular weight is 331 g/mol. The molecule has 0 bridgehead atoms. The third-order valence-electron chi connectivity index (χ3n) is 3.30. The molecular weight excluding hydrogens is 311 g/mol. The Hall–Kier alpha value is -0.130. The normalized spacial score (nSPS) is 41.5. The van der Waals surface area contributed by atoms with E-state index >= 15 is 0 Å². The first-order valence-corrected chi connectivity index (χ1v) is 8.01. The third-order valence-corrected chi connectivity index (χ3v) is 4.67. The van der Waals surface area contributed by atoms with E-state index in [4.69, 9.17) is 10.2 Å². The first kappa shape index (κ1) is 18.9. The van der Waals surface area contributed by atoms with Crippen LogP contribution < -0.4 is 4.89 Å². The summed E-state index contributed by atoms with van der Waals surface area (Å²) >= 11 is 0. The van der Waals surface area contributed by atoms with E-state index in [1.165, 1.54) is 0 Å². The third kappa shape index (κ3) is 4.67. The van der Waals surface area contributed by atoms with Crippen LogP contribution in [0.5, 0.6) is 0 Å². The van der Waals surface area contributed by atoms with Gasteiger partial charge in [-0.05, 0) is 6.42 Å². The lowest BCUT2D eigenvalue weighted by atomic mass is 9.85. The second kappa shape index (κ2) is 7.42. The van der Waals surface area contributed by atoms with E-state index < -0.39 is 63.1 Å². The van der Waals surface area contributed by atoms with E-state index in [2.05, 4.69) is 4.52 Å². The molecule has 1 rings (SSSR count). The Morgan fingerprint density at radius 1 is 1.00 bits per heavy atom. The Morgan fingerprint density at radius 3 is 1.86 bits per heavy atom. The minimum atomic E-state index is -4.62. The Bertz CT molecular complexity index is 363. The maximum atomic E-state index is 11.7. The van der Waals surface area contributed by atoms with Crippen LogP contribution in [0.1, 0.15) is 6.42 Å². The number of rotatable bonds is 6. The van der Waals surface area contributed by atoms with Gasteiger partial charge in [-0.3, -0.25) is 0 Å². The predicted octanol–water partition coefficient (Wildman–Crippen LogP) is -4.51. The fraction of sp³-hybridized carbons (Fsp3) is 1.00. The van der Waals surface area contributed by atoms with Gasteiger partial charge in [-0.1, -0.05) is 0 Å². The quantitative estimate of drug-likeness (QED) is 0.233. The predicted molar refractivity (Wildman–Crippen MR) is 65.1 cm³/mol. The molecule has 0 spiro atoms. The molecule has 0 heterocycles. The molecule has 1 aliphatic carbocycles. The van der Waals surface area contributed by atoms with Crippen LogP contribution in [-0.2, 0) is 9.09 Å². The van der Waals surface area contributed by atoms with Crippen LogP contribution in [0.2, 0.25) is 0 Å². The summed E-state index contributed by atoms with van der Waals surface area (Å²) in [6, 6.07) is 0. The molecule has 1 fully saturated rings. The second-order valence-electron chi connectivity index (χ2n) is 4.98. The zero-order valence-corrected chi connectivity index (χ0v) is 11.9. The van der Waals surface area contributed by atoms with Crippen molar-refractivity contribution in [2.45, 2.75) is 49.1 Å². The molecule has 7 N–H and O–H groups in total. The summed E-state index contributed by atoms with van der Waals surface area (Å²) < 4.78 is 16.2. The van der Waals surface area contributed by atoms with Crippen molar-refractivity contribution in [3.63, 3.8) is 0 Å². The number of hydrogen-bond acceptors (Lipinski definition) is 10. The van der Waals surface area contributed by atoms with Crippen LogP contribution in [0.15, 0.2) is 0 Å². The van der Waals surface area contributed by atoms with Gasteiger partial charge in [-0.25, -0.2) is 0 Å². The first-order chi connectivity index (χ1) is 9.60. The minimum Gasteiger partial charge on any atom is -0.778 e. The molecule has 0 aliphatic heterocycles. The summed E-state index contributed by atoms with van der Waals surface area (Å²) in [5, 5.41) is 65.1. The molecule has 0 amide bonds. The molecule has 11 heteroatoms. The molecule has 10 nitrogen and oxygen atoms in total. The minimum absolute atomic E-state index is 0.329. The summed E-state index contributed by atoms with van der Waals surface area (Å²) in [5.41, 5.74) is 0. The van der Waals surface area contributed by atoms with Crippen LogP contribution in [0, 0.1) is 0 Å². The average Bonchev–Trinajstić information content (AvgIpc) is 2.45. The van der Waals surface area contributed by atoms with Gasteiger partial charge < -0.3 is 49.7 Å². The van der Waals surface area contributed by atoms with Crippen LogP contribution in [0.3, 0.4) is 0 Å². The summed E-state index contributed by atoms with van der Waals surface area (Å²) in [7, 11) is -4.62. The van der Waals surface area contributed by atoms with E-state index in [0.717, 1.165) is 0 Å². The van der Waals surface area contributed by atoms with E-state index in [-0.39, 0.29) is 6.42 Å². The fourth-order valence-electron chi connectivity index (χ4n) is 1.96. The highest BCUT2D eigenvalue weighted by atomic mass is 31.2. The van der Waals surface area contributed by atoms with Crippen molar-refractivity contribution in [2.75, 3.05) is 12.8 Å². The zero-order chi connectivity index (χ0) is 16.4. The van der Waals surface area contributed by atoms with Gasteiger partial charge in [0.15, 0.2) is 0 Å². The van der Waals surface area contributed by atoms with Gasteiger partial charge in [-0.2, -0.15) is 0 Å². The smallest absolute Gasteiger partial charge is 0.135 e. The van der Waals surface area contributed by atoms with Gasteiger partial charge in [0.25, 0.3) is 0 Å². The monoisotopic (exact) mass is 331 g/mol. The lowest BCUT2D eigenvalue weighted by molar-refractivity contribution is -0.244. The van der Waals surface area contributed by atoms with E-state index in [1.54, 1.807) is 0 Å². The Kier molecular flexibility index (Phi) is 6.69. The van der Waals surface area contributed by atoms with Gasteiger partial charge in [0.05, 0.1) is 12.7 Å². The molecule has 0 aromatic carbocycles. The Balaban J connectivity index is 2.72. The van der Waals surface area contributed by atoms with E-state index in [0.29, 0.717) is 0 Å². The fourth-order valence-corrected chi connectivity index (χ4v) is 3.30. The molecule has 0 aromatic rings. The molecule has 126 valence electrons.